The first-order chi connectivity index (χ1) is 12.6. The van der Waals surface area contributed by atoms with Crippen LogP contribution in [-0.4, -0.2) is 43.3 Å². The van der Waals surface area contributed by atoms with Gasteiger partial charge in [-0.15, -0.1) is 0 Å². The quantitative estimate of drug-likeness (QED) is 0.840. The molecule has 0 spiro atoms. The van der Waals surface area contributed by atoms with Crippen LogP contribution in [0.5, 0.6) is 0 Å². The minimum atomic E-state index is -0.251. The van der Waals surface area contributed by atoms with Crippen LogP contribution in [0.4, 0.5) is 10.5 Å². The largest absolute Gasteiger partial charge is 0.374 e. The van der Waals surface area contributed by atoms with Gasteiger partial charge in [-0.25, -0.2) is 4.79 Å². The van der Waals surface area contributed by atoms with Crippen LogP contribution in [0.2, 0.25) is 5.02 Å². The number of urea groups is 1. The zero-order chi connectivity index (χ0) is 18.4. The van der Waals surface area contributed by atoms with Crippen LogP contribution < -0.4 is 10.6 Å². The second-order valence-corrected chi connectivity index (χ2v) is 6.94. The maximum atomic E-state index is 12.2. The predicted molar refractivity (Wildman–Crippen MR) is 105 cm³/mol. The van der Waals surface area contributed by atoms with Gasteiger partial charge in [-0.3, -0.25) is 4.90 Å². The lowest BCUT2D eigenvalue weighted by molar-refractivity contribution is -0.0285. The molecule has 1 aliphatic heterocycles. The molecule has 2 N–H and O–H groups in total. The monoisotopic (exact) mass is 373 g/mol. The molecule has 1 aliphatic rings. The van der Waals surface area contributed by atoms with Gasteiger partial charge >= 0.3 is 6.03 Å². The third-order valence-corrected chi connectivity index (χ3v) is 4.65. The van der Waals surface area contributed by atoms with Gasteiger partial charge in [0.15, 0.2) is 0 Å². The van der Waals surface area contributed by atoms with Crippen molar-refractivity contribution >= 4 is 23.3 Å². The summed E-state index contributed by atoms with van der Waals surface area (Å²) in [5.41, 5.74) is 2.97. The number of nitrogens with one attached hydrogen (secondary N) is 2. The number of anilines is 1. The van der Waals surface area contributed by atoms with Crippen LogP contribution in [0.25, 0.3) is 0 Å². The number of amides is 2. The van der Waals surface area contributed by atoms with E-state index >= 15 is 0 Å². The Morgan fingerprint density at radius 2 is 2.08 bits per heavy atom. The molecule has 0 aliphatic carbocycles. The van der Waals surface area contributed by atoms with E-state index in [1.165, 1.54) is 5.56 Å². The molecule has 6 heteroatoms. The molecule has 1 unspecified atom stereocenters. The smallest absolute Gasteiger partial charge is 0.319 e. The summed E-state index contributed by atoms with van der Waals surface area (Å²) in [6.45, 7) is 5.67. The molecule has 26 heavy (non-hydrogen) atoms. The summed E-state index contributed by atoms with van der Waals surface area (Å²) < 4.78 is 5.78. The topological polar surface area (TPSA) is 53.6 Å². The van der Waals surface area contributed by atoms with Gasteiger partial charge in [0.2, 0.25) is 0 Å². The number of hydrogen-bond donors (Lipinski definition) is 2. The number of hydrogen-bond acceptors (Lipinski definition) is 3. The van der Waals surface area contributed by atoms with Crippen LogP contribution in [0.1, 0.15) is 11.1 Å². The highest BCUT2D eigenvalue weighted by atomic mass is 35.5. The highest BCUT2D eigenvalue weighted by molar-refractivity contribution is 6.31. The molecule has 2 aromatic rings. The Morgan fingerprint density at radius 1 is 1.27 bits per heavy atom. The van der Waals surface area contributed by atoms with E-state index in [9.17, 15) is 4.79 Å². The molecule has 138 valence electrons. The number of nitrogens with zero attached hydrogens (tertiary/aromatic N) is 1. The van der Waals surface area contributed by atoms with E-state index in [4.69, 9.17) is 16.3 Å². The zero-order valence-corrected chi connectivity index (χ0v) is 15.6. The summed E-state index contributed by atoms with van der Waals surface area (Å²) in [5, 5.41) is 6.32. The fourth-order valence-electron chi connectivity index (χ4n) is 2.99. The molecule has 0 aromatic heterocycles. The summed E-state index contributed by atoms with van der Waals surface area (Å²) in [6, 6.07) is 15.6. The fourth-order valence-corrected chi connectivity index (χ4v) is 3.16. The van der Waals surface area contributed by atoms with Gasteiger partial charge in [0.05, 0.1) is 12.7 Å². The highest BCUT2D eigenvalue weighted by Crippen LogP contribution is 2.20. The molecule has 1 saturated heterocycles. The number of ether oxygens (including phenoxy) is 1. The van der Waals surface area contributed by atoms with Gasteiger partial charge in [-0.1, -0.05) is 48.0 Å². The van der Waals surface area contributed by atoms with Crippen LogP contribution in [0.15, 0.2) is 48.5 Å². The Labute approximate surface area is 159 Å². The Balaban J connectivity index is 1.46. The molecular weight excluding hydrogens is 350 g/mol. The third kappa shape index (κ3) is 5.46. The Kier molecular flexibility index (Phi) is 6.50. The lowest BCUT2D eigenvalue weighted by atomic mass is 10.2. The maximum absolute atomic E-state index is 12.2. The molecule has 0 bridgehead atoms. The van der Waals surface area contributed by atoms with E-state index in [0.717, 1.165) is 25.2 Å². The van der Waals surface area contributed by atoms with E-state index in [2.05, 4.69) is 39.8 Å². The van der Waals surface area contributed by atoms with Crippen molar-refractivity contribution < 1.29 is 9.53 Å². The number of carbonyl (C=O) groups is 1. The molecule has 0 saturated carbocycles. The summed E-state index contributed by atoms with van der Waals surface area (Å²) >= 11 is 5.98. The van der Waals surface area contributed by atoms with Gasteiger partial charge in [-0.05, 0) is 30.2 Å². The molecular formula is C20H24ClN3O2. The SMILES string of the molecule is Cc1ccc(Cl)cc1NC(=O)NCC1CN(Cc2ccccc2)CCO1. The van der Waals surface area contributed by atoms with Crippen molar-refractivity contribution in [2.75, 3.05) is 31.6 Å². The first kappa shape index (κ1) is 18.7. The van der Waals surface area contributed by atoms with Crippen LogP contribution >= 0.6 is 11.6 Å². The average Bonchev–Trinajstić information content (AvgIpc) is 2.64. The minimum absolute atomic E-state index is 0.0151. The lowest BCUT2D eigenvalue weighted by Crippen LogP contribution is -2.47. The molecule has 2 amide bonds. The standard InChI is InChI=1S/C20H24ClN3O2/c1-15-7-8-17(21)11-19(15)23-20(25)22-12-18-14-24(9-10-26-18)13-16-5-3-2-4-6-16/h2-8,11,18H,9-10,12-14H2,1H3,(H2,22,23,25). The van der Waals surface area contributed by atoms with E-state index in [-0.39, 0.29) is 12.1 Å². The molecule has 0 radical (unpaired) electrons. The number of carbonyl (C=O) groups excluding carboxylic acids is 1. The van der Waals surface area contributed by atoms with Gasteiger partial charge in [0.1, 0.15) is 0 Å². The number of aryl methyl sites for hydroxylation is 1. The first-order valence-corrected chi connectivity index (χ1v) is 9.17. The first-order valence-electron chi connectivity index (χ1n) is 8.79. The minimum Gasteiger partial charge on any atom is -0.374 e. The number of morpholine rings is 1. The molecule has 3 rings (SSSR count). The van der Waals surface area contributed by atoms with Crippen molar-refractivity contribution in [1.29, 1.82) is 0 Å². The predicted octanol–water partition coefficient (Wildman–Crippen LogP) is 3.67. The van der Waals surface area contributed by atoms with Gasteiger partial charge in [0, 0.05) is 36.9 Å². The highest BCUT2D eigenvalue weighted by Gasteiger charge is 2.21. The van der Waals surface area contributed by atoms with Crippen LogP contribution in [0, 0.1) is 6.92 Å². The van der Waals surface area contributed by atoms with E-state index in [1.54, 1.807) is 12.1 Å². The van der Waals surface area contributed by atoms with Gasteiger partial charge in [-0.2, -0.15) is 0 Å². The number of halogens is 1. The van der Waals surface area contributed by atoms with Crippen LogP contribution in [0.3, 0.4) is 0 Å². The Morgan fingerprint density at radius 3 is 2.88 bits per heavy atom. The maximum Gasteiger partial charge on any atom is 0.319 e. The number of rotatable bonds is 5. The van der Waals surface area contributed by atoms with Crippen molar-refractivity contribution in [2.24, 2.45) is 0 Å². The molecule has 1 atom stereocenters. The summed E-state index contributed by atoms with van der Waals surface area (Å²) in [7, 11) is 0. The van der Waals surface area contributed by atoms with Crippen molar-refractivity contribution in [3.8, 4) is 0 Å². The van der Waals surface area contributed by atoms with Crippen molar-refractivity contribution in [2.45, 2.75) is 19.6 Å². The van der Waals surface area contributed by atoms with Crippen LogP contribution in [-0.2, 0) is 11.3 Å². The molecule has 1 fully saturated rings. The van der Waals surface area contributed by atoms with Crippen molar-refractivity contribution in [3.63, 3.8) is 0 Å². The van der Waals surface area contributed by atoms with Gasteiger partial charge in [0.25, 0.3) is 0 Å². The molecule has 1 heterocycles. The second-order valence-electron chi connectivity index (χ2n) is 6.51. The fraction of sp³-hybridized carbons (Fsp3) is 0.350. The van der Waals surface area contributed by atoms with Gasteiger partial charge < -0.3 is 15.4 Å². The summed E-state index contributed by atoms with van der Waals surface area (Å²) in [6.07, 6.45) is -0.0151. The van der Waals surface area contributed by atoms with E-state index in [0.29, 0.717) is 23.9 Å². The summed E-state index contributed by atoms with van der Waals surface area (Å²) in [4.78, 5) is 14.5. The van der Waals surface area contributed by atoms with E-state index < -0.39 is 0 Å². The Hall–Kier alpha value is -2.08. The molecule has 2 aromatic carbocycles. The van der Waals surface area contributed by atoms with Crippen molar-refractivity contribution in [1.82, 2.24) is 10.2 Å². The van der Waals surface area contributed by atoms with E-state index in [1.807, 2.05) is 19.1 Å². The molecule has 5 nitrogen and oxygen atoms in total. The Bertz CT molecular complexity index is 739. The van der Waals surface area contributed by atoms with Crippen molar-refractivity contribution in [3.05, 3.63) is 64.7 Å². The number of benzene rings is 2. The zero-order valence-electron chi connectivity index (χ0n) is 14.9. The second kappa shape index (κ2) is 9.03. The summed E-state index contributed by atoms with van der Waals surface area (Å²) in [5.74, 6) is 0. The normalized spacial score (nSPS) is 17.7. The average molecular weight is 374 g/mol. The third-order valence-electron chi connectivity index (χ3n) is 4.41. The lowest BCUT2D eigenvalue weighted by Gasteiger charge is -2.33.